The number of hydrogen-bond donors (Lipinski definition) is 0. The number of imidazole rings is 1. The highest BCUT2D eigenvalue weighted by Gasteiger charge is 2.20. The summed E-state index contributed by atoms with van der Waals surface area (Å²) in [6.07, 6.45) is 6.25. The van der Waals surface area contributed by atoms with E-state index in [1.165, 1.54) is 12.8 Å². The van der Waals surface area contributed by atoms with Crippen molar-refractivity contribution in [1.29, 1.82) is 0 Å². The van der Waals surface area contributed by atoms with E-state index in [1.807, 2.05) is 24.3 Å². The summed E-state index contributed by atoms with van der Waals surface area (Å²) in [5.41, 5.74) is 5.19. The molecule has 5 nitrogen and oxygen atoms in total. The third-order valence-corrected chi connectivity index (χ3v) is 5.65. The van der Waals surface area contributed by atoms with Gasteiger partial charge < -0.3 is 9.47 Å². The lowest BCUT2D eigenvalue weighted by Crippen LogP contribution is -2.22. The van der Waals surface area contributed by atoms with E-state index in [0.29, 0.717) is 0 Å². The molecule has 0 amide bonds. The van der Waals surface area contributed by atoms with Gasteiger partial charge in [-0.3, -0.25) is 0 Å². The number of rotatable bonds is 5. The Hall–Kier alpha value is -3.21. The molecule has 1 aliphatic rings. The van der Waals surface area contributed by atoms with E-state index >= 15 is 0 Å². The van der Waals surface area contributed by atoms with Crippen LogP contribution in [-0.4, -0.2) is 32.6 Å². The third-order valence-electron chi connectivity index (χ3n) is 5.65. The van der Waals surface area contributed by atoms with Crippen LogP contribution in [0.4, 0.5) is 5.82 Å². The highest BCUT2D eigenvalue weighted by atomic mass is 15.2. The molecule has 0 radical (unpaired) electrons. The Balaban J connectivity index is 1.44. The first-order chi connectivity index (χ1) is 14.3. The van der Waals surface area contributed by atoms with Gasteiger partial charge in [-0.25, -0.2) is 15.0 Å². The minimum absolute atomic E-state index is 0.836. The van der Waals surface area contributed by atoms with Gasteiger partial charge in [-0.15, -0.1) is 0 Å². The summed E-state index contributed by atoms with van der Waals surface area (Å²) in [6, 6.07) is 18.5. The van der Waals surface area contributed by atoms with Crippen molar-refractivity contribution in [3.63, 3.8) is 0 Å². The summed E-state index contributed by atoms with van der Waals surface area (Å²) >= 11 is 0. The van der Waals surface area contributed by atoms with Gasteiger partial charge >= 0.3 is 0 Å². The lowest BCUT2D eigenvalue weighted by atomic mass is 10.2. The van der Waals surface area contributed by atoms with E-state index in [0.717, 1.165) is 65.6 Å². The highest BCUT2D eigenvalue weighted by Crippen LogP contribution is 2.26. The second-order valence-corrected chi connectivity index (χ2v) is 7.70. The number of anilines is 1. The van der Waals surface area contributed by atoms with Crippen molar-refractivity contribution in [2.24, 2.45) is 7.05 Å². The van der Waals surface area contributed by atoms with Crippen LogP contribution in [0.2, 0.25) is 0 Å². The summed E-state index contributed by atoms with van der Waals surface area (Å²) in [5, 5.41) is 0. The monoisotopic (exact) mass is 383 g/mol. The van der Waals surface area contributed by atoms with Crippen LogP contribution in [0.1, 0.15) is 24.4 Å². The molecule has 0 spiro atoms. The number of para-hydroxylation sites is 2. The van der Waals surface area contributed by atoms with Crippen molar-refractivity contribution in [1.82, 2.24) is 19.5 Å². The van der Waals surface area contributed by atoms with E-state index < -0.39 is 0 Å². The van der Waals surface area contributed by atoms with Crippen LogP contribution in [0, 0.1) is 0 Å². The number of hydrogen-bond acceptors (Lipinski definition) is 4. The molecule has 0 N–H and O–H groups in total. The Bertz CT molecular complexity index is 1130. The summed E-state index contributed by atoms with van der Waals surface area (Å²) in [7, 11) is 2.07. The van der Waals surface area contributed by atoms with Crippen LogP contribution in [0.15, 0.2) is 60.8 Å². The van der Waals surface area contributed by atoms with Crippen molar-refractivity contribution < 1.29 is 0 Å². The zero-order valence-corrected chi connectivity index (χ0v) is 16.8. The van der Waals surface area contributed by atoms with Gasteiger partial charge in [-0.05, 0) is 25.0 Å². The van der Waals surface area contributed by atoms with Gasteiger partial charge in [0.05, 0.1) is 22.4 Å². The molecule has 29 heavy (non-hydrogen) atoms. The summed E-state index contributed by atoms with van der Waals surface area (Å²) in [6.45, 7) is 2.14. The Kier molecular flexibility index (Phi) is 4.72. The molecule has 3 heterocycles. The van der Waals surface area contributed by atoms with Crippen molar-refractivity contribution in [3.05, 3.63) is 72.3 Å². The molecule has 0 unspecified atom stereocenters. The van der Waals surface area contributed by atoms with E-state index in [4.69, 9.17) is 15.0 Å². The number of fused-ring (bicyclic) bond motifs is 1. The molecule has 5 rings (SSSR count). The Labute approximate surface area is 171 Å². The number of aromatic nitrogens is 4. The molecule has 5 heteroatoms. The molecule has 4 aromatic rings. The van der Waals surface area contributed by atoms with Gasteiger partial charge in [-0.2, -0.15) is 0 Å². The quantitative estimate of drug-likeness (QED) is 0.512. The Morgan fingerprint density at radius 2 is 1.48 bits per heavy atom. The number of nitrogens with zero attached hydrogens (tertiary/aromatic N) is 5. The van der Waals surface area contributed by atoms with E-state index in [-0.39, 0.29) is 0 Å². The summed E-state index contributed by atoms with van der Waals surface area (Å²) in [4.78, 5) is 17.2. The minimum Gasteiger partial charge on any atom is -0.355 e. The number of aryl methyl sites for hydroxylation is 3. The average Bonchev–Trinajstić information content (AvgIpc) is 3.42. The lowest BCUT2D eigenvalue weighted by molar-refractivity contribution is 0.757. The van der Waals surface area contributed by atoms with Crippen LogP contribution < -0.4 is 4.90 Å². The molecular weight excluding hydrogens is 358 g/mol. The van der Waals surface area contributed by atoms with Crippen LogP contribution in [0.5, 0.6) is 0 Å². The van der Waals surface area contributed by atoms with Gasteiger partial charge in [0.15, 0.2) is 5.82 Å². The van der Waals surface area contributed by atoms with Gasteiger partial charge in [0.25, 0.3) is 0 Å². The molecule has 0 aliphatic carbocycles. The smallest absolute Gasteiger partial charge is 0.151 e. The van der Waals surface area contributed by atoms with E-state index in [9.17, 15) is 0 Å². The van der Waals surface area contributed by atoms with Crippen molar-refractivity contribution >= 4 is 16.9 Å². The van der Waals surface area contributed by atoms with E-state index in [2.05, 4.69) is 53.0 Å². The predicted octanol–water partition coefficient (Wildman–Crippen LogP) is 4.42. The molecule has 2 aromatic heterocycles. The molecular formula is C24H25N5. The fourth-order valence-corrected chi connectivity index (χ4v) is 4.09. The predicted molar refractivity (Wildman–Crippen MR) is 117 cm³/mol. The minimum atomic E-state index is 0.836. The Morgan fingerprint density at radius 3 is 2.24 bits per heavy atom. The fourth-order valence-electron chi connectivity index (χ4n) is 4.09. The number of benzene rings is 2. The van der Waals surface area contributed by atoms with Crippen molar-refractivity contribution in [2.45, 2.75) is 25.7 Å². The van der Waals surface area contributed by atoms with Crippen molar-refractivity contribution in [2.75, 3.05) is 18.0 Å². The molecule has 0 atom stereocenters. The largest absolute Gasteiger partial charge is 0.355 e. The second kappa shape index (κ2) is 7.66. The molecule has 1 saturated heterocycles. The van der Waals surface area contributed by atoms with Crippen molar-refractivity contribution in [3.8, 4) is 11.3 Å². The SMILES string of the molecule is Cn1cc(-c2ccccc2)nc1CCc1nc2ccccc2nc1N1CCCC1. The van der Waals surface area contributed by atoms with Gasteiger partial charge in [0.1, 0.15) is 5.82 Å². The lowest BCUT2D eigenvalue weighted by Gasteiger charge is -2.20. The zero-order valence-electron chi connectivity index (χ0n) is 16.8. The van der Waals surface area contributed by atoms with Crippen LogP contribution in [-0.2, 0) is 19.9 Å². The summed E-state index contributed by atoms with van der Waals surface area (Å²) < 4.78 is 2.13. The van der Waals surface area contributed by atoms with Crippen LogP contribution in [0.3, 0.4) is 0 Å². The van der Waals surface area contributed by atoms with Gasteiger partial charge in [0, 0.05) is 44.7 Å². The maximum absolute atomic E-state index is 4.99. The molecule has 1 fully saturated rings. The van der Waals surface area contributed by atoms with Crippen LogP contribution >= 0.6 is 0 Å². The van der Waals surface area contributed by atoms with Gasteiger partial charge in [-0.1, -0.05) is 42.5 Å². The molecule has 146 valence electrons. The standard InChI is InChI=1S/C24H25N5/c1-28-17-22(18-9-3-2-4-10-18)26-23(28)14-13-21-24(29-15-7-8-16-29)27-20-12-6-5-11-19(20)25-21/h2-6,9-12,17H,7-8,13-16H2,1H3. The second-order valence-electron chi connectivity index (χ2n) is 7.70. The third kappa shape index (κ3) is 3.60. The first kappa shape index (κ1) is 17.9. The molecule has 0 bridgehead atoms. The first-order valence-electron chi connectivity index (χ1n) is 10.4. The molecule has 0 saturated carbocycles. The topological polar surface area (TPSA) is 46.8 Å². The highest BCUT2D eigenvalue weighted by molar-refractivity contribution is 5.76. The fraction of sp³-hybridized carbons (Fsp3) is 0.292. The van der Waals surface area contributed by atoms with E-state index in [1.54, 1.807) is 0 Å². The van der Waals surface area contributed by atoms with Gasteiger partial charge in [0.2, 0.25) is 0 Å². The summed E-state index contributed by atoms with van der Waals surface area (Å²) in [5.74, 6) is 2.13. The Morgan fingerprint density at radius 1 is 0.793 bits per heavy atom. The molecule has 2 aromatic carbocycles. The maximum atomic E-state index is 4.99. The zero-order chi connectivity index (χ0) is 19.6. The maximum Gasteiger partial charge on any atom is 0.151 e. The molecule has 1 aliphatic heterocycles. The normalized spacial score (nSPS) is 14.0. The average molecular weight is 383 g/mol. The van der Waals surface area contributed by atoms with Crippen LogP contribution in [0.25, 0.3) is 22.3 Å². The first-order valence-corrected chi connectivity index (χ1v) is 10.4.